The lowest BCUT2D eigenvalue weighted by molar-refractivity contribution is 0.461. The number of hydrogen-bond donors (Lipinski definition) is 2. The maximum atomic E-state index is 13.8. The molecule has 2 N–H and O–H groups in total. The molecule has 0 fully saturated rings. The average Bonchev–Trinajstić information content (AvgIpc) is 2.85. The van der Waals surface area contributed by atoms with Crippen molar-refractivity contribution in [2.45, 2.75) is 19.4 Å². The van der Waals surface area contributed by atoms with Crippen LogP contribution in [0.4, 0.5) is 8.78 Å². The zero-order valence-electron chi connectivity index (χ0n) is 10.1. The van der Waals surface area contributed by atoms with Gasteiger partial charge in [0.25, 0.3) is 0 Å². The second-order valence-electron chi connectivity index (χ2n) is 3.99. The van der Waals surface area contributed by atoms with E-state index in [-0.39, 0.29) is 6.04 Å². The number of halogens is 2. The van der Waals surface area contributed by atoms with Gasteiger partial charge in [-0.1, -0.05) is 19.1 Å². The first-order chi connectivity index (χ1) is 8.72. The fourth-order valence-electron chi connectivity index (χ4n) is 1.93. The van der Waals surface area contributed by atoms with Crippen LogP contribution < -0.4 is 5.32 Å². The summed E-state index contributed by atoms with van der Waals surface area (Å²) in [6.07, 6.45) is 3.84. The molecular weight excluding hydrogens is 236 g/mol. The van der Waals surface area contributed by atoms with Crippen LogP contribution in [-0.4, -0.2) is 16.5 Å². The molecule has 2 aromatic rings. The molecule has 0 saturated heterocycles. The maximum absolute atomic E-state index is 13.8. The molecule has 1 aromatic carbocycles. The minimum absolute atomic E-state index is 0.295. The summed E-state index contributed by atoms with van der Waals surface area (Å²) in [5.74, 6) is -0.880. The van der Waals surface area contributed by atoms with E-state index in [0.29, 0.717) is 18.5 Å². The molecule has 1 aromatic heterocycles. The molecule has 96 valence electrons. The molecule has 0 radical (unpaired) electrons. The lowest BCUT2D eigenvalue weighted by Crippen LogP contribution is -2.24. The minimum atomic E-state index is -0.824. The molecule has 0 amide bonds. The number of aromatic nitrogens is 2. The fraction of sp³-hybridized carbons (Fsp3) is 0.308. The quantitative estimate of drug-likeness (QED) is 0.857. The van der Waals surface area contributed by atoms with Crippen LogP contribution in [0.25, 0.3) is 0 Å². The SMILES string of the molecule is CCNC(Cc1ncc[nH]1)c1cccc(F)c1F. The maximum Gasteiger partial charge on any atom is 0.163 e. The number of rotatable bonds is 5. The van der Waals surface area contributed by atoms with Crippen LogP contribution in [0.15, 0.2) is 30.6 Å². The molecule has 2 rings (SSSR count). The largest absolute Gasteiger partial charge is 0.349 e. The Morgan fingerprint density at radius 2 is 2.22 bits per heavy atom. The summed E-state index contributed by atoms with van der Waals surface area (Å²) in [4.78, 5) is 7.07. The summed E-state index contributed by atoms with van der Waals surface area (Å²) in [7, 11) is 0. The number of nitrogens with zero attached hydrogens (tertiary/aromatic N) is 1. The van der Waals surface area contributed by atoms with Gasteiger partial charge < -0.3 is 10.3 Å². The fourth-order valence-corrected chi connectivity index (χ4v) is 1.93. The Morgan fingerprint density at radius 3 is 2.89 bits per heavy atom. The minimum Gasteiger partial charge on any atom is -0.349 e. The van der Waals surface area contributed by atoms with Gasteiger partial charge in [-0.3, -0.25) is 0 Å². The summed E-state index contributed by atoms with van der Waals surface area (Å²) in [5, 5.41) is 3.14. The van der Waals surface area contributed by atoms with Crippen molar-refractivity contribution in [1.29, 1.82) is 0 Å². The molecule has 1 heterocycles. The molecule has 0 aliphatic rings. The zero-order valence-corrected chi connectivity index (χ0v) is 10.1. The number of likely N-dealkylation sites (N-methyl/N-ethyl adjacent to an activating group) is 1. The molecule has 0 aliphatic heterocycles. The smallest absolute Gasteiger partial charge is 0.163 e. The predicted molar refractivity (Wildman–Crippen MR) is 65.1 cm³/mol. The molecule has 5 heteroatoms. The lowest BCUT2D eigenvalue weighted by Gasteiger charge is -2.18. The molecule has 1 unspecified atom stereocenters. The third kappa shape index (κ3) is 2.73. The number of hydrogen-bond acceptors (Lipinski definition) is 2. The third-order valence-corrected chi connectivity index (χ3v) is 2.76. The van der Waals surface area contributed by atoms with Gasteiger partial charge in [0.2, 0.25) is 0 Å². The lowest BCUT2D eigenvalue weighted by atomic mass is 10.0. The number of aromatic amines is 1. The Hall–Kier alpha value is -1.75. The van der Waals surface area contributed by atoms with Crippen LogP contribution >= 0.6 is 0 Å². The van der Waals surface area contributed by atoms with Crippen LogP contribution in [0.1, 0.15) is 24.4 Å². The first-order valence-electron chi connectivity index (χ1n) is 5.88. The van der Waals surface area contributed by atoms with E-state index >= 15 is 0 Å². The average molecular weight is 251 g/mol. The molecular formula is C13H15F2N3. The van der Waals surface area contributed by atoms with Gasteiger partial charge in [-0.05, 0) is 12.6 Å². The van der Waals surface area contributed by atoms with Crippen molar-refractivity contribution in [3.63, 3.8) is 0 Å². The summed E-state index contributed by atoms with van der Waals surface area (Å²) >= 11 is 0. The van der Waals surface area contributed by atoms with Gasteiger partial charge in [-0.15, -0.1) is 0 Å². The molecule has 0 aliphatic carbocycles. The van der Waals surface area contributed by atoms with Crippen molar-refractivity contribution in [2.24, 2.45) is 0 Å². The summed E-state index contributed by atoms with van der Waals surface area (Å²) in [5.41, 5.74) is 0.327. The molecule has 0 bridgehead atoms. The highest BCUT2D eigenvalue weighted by Crippen LogP contribution is 2.21. The van der Waals surface area contributed by atoms with Crippen molar-refractivity contribution in [3.05, 3.63) is 53.6 Å². The standard InChI is InChI=1S/C13H15F2N3/c1-2-16-11(8-12-17-6-7-18-12)9-4-3-5-10(14)13(9)15/h3-7,11,16H,2,8H2,1H3,(H,17,18). The van der Waals surface area contributed by atoms with Gasteiger partial charge in [-0.2, -0.15) is 0 Å². The van der Waals surface area contributed by atoms with Crippen LogP contribution in [0.5, 0.6) is 0 Å². The Balaban J connectivity index is 2.26. The second kappa shape index (κ2) is 5.73. The highest BCUT2D eigenvalue weighted by molar-refractivity contribution is 5.23. The normalized spacial score (nSPS) is 12.6. The molecule has 3 nitrogen and oxygen atoms in total. The zero-order chi connectivity index (χ0) is 13.0. The van der Waals surface area contributed by atoms with E-state index < -0.39 is 11.6 Å². The monoisotopic (exact) mass is 251 g/mol. The van der Waals surface area contributed by atoms with Crippen LogP contribution in [0.3, 0.4) is 0 Å². The second-order valence-corrected chi connectivity index (χ2v) is 3.99. The number of nitrogens with one attached hydrogen (secondary N) is 2. The van der Waals surface area contributed by atoms with Crippen molar-refractivity contribution in [2.75, 3.05) is 6.54 Å². The van der Waals surface area contributed by atoms with Crippen LogP contribution in [0, 0.1) is 11.6 Å². The van der Waals surface area contributed by atoms with Crippen molar-refractivity contribution >= 4 is 0 Å². The van der Waals surface area contributed by atoms with E-state index in [2.05, 4.69) is 15.3 Å². The summed E-state index contributed by atoms with van der Waals surface area (Å²) < 4.78 is 27.0. The van der Waals surface area contributed by atoms with E-state index in [0.717, 1.165) is 11.9 Å². The van der Waals surface area contributed by atoms with E-state index in [4.69, 9.17) is 0 Å². The van der Waals surface area contributed by atoms with Crippen molar-refractivity contribution in [3.8, 4) is 0 Å². The first-order valence-corrected chi connectivity index (χ1v) is 5.88. The van der Waals surface area contributed by atoms with Gasteiger partial charge in [0.15, 0.2) is 11.6 Å². The number of imidazole rings is 1. The van der Waals surface area contributed by atoms with E-state index in [9.17, 15) is 8.78 Å². The molecule has 0 spiro atoms. The van der Waals surface area contributed by atoms with Gasteiger partial charge >= 0.3 is 0 Å². The Bertz CT molecular complexity index is 497. The first kappa shape index (κ1) is 12.7. The third-order valence-electron chi connectivity index (χ3n) is 2.76. The Morgan fingerprint density at radius 1 is 1.39 bits per heavy atom. The van der Waals surface area contributed by atoms with Crippen molar-refractivity contribution in [1.82, 2.24) is 15.3 Å². The Labute approximate surface area is 104 Å². The van der Waals surface area contributed by atoms with Gasteiger partial charge in [0, 0.05) is 30.4 Å². The summed E-state index contributed by atoms with van der Waals surface area (Å²) in [6, 6.07) is 3.93. The van der Waals surface area contributed by atoms with Crippen LogP contribution in [0.2, 0.25) is 0 Å². The van der Waals surface area contributed by atoms with E-state index in [1.165, 1.54) is 6.07 Å². The van der Waals surface area contributed by atoms with E-state index in [1.807, 2.05) is 6.92 Å². The number of benzene rings is 1. The Kier molecular flexibility index (Phi) is 4.04. The van der Waals surface area contributed by atoms with Crippen molar-refractivity contribution < 1.29 is 8.78 Å². The predicted octanol–water partition coefficient (Wildman–Crippen LogP) is 2.58. The van der Waals surface area contributed by atoms with Gasteiger partial charge in [-0.25, -0.2) is 13.8 Å². The number of H-pyrrole nitrogens is 1. The molecule has 1 atom stereocenters. The van der Waals surface area contributed by atoms with Crippen LogP contribution in [-0.2, 0) is 6.42 Å². The topological polar surface area (TPSA) is 40.7 Å². The van der Waals surface area contributed by atoms with Gasteiger partial charge in [0.05, 0.1) is 0 Å². The summed E-state index contributed by atoms with van der Waals surface area (Å²) in [6.45, 7) is 2.59. The highest BCUT2D eigenvalue weighted by atomic mass is 19.2. The molecule has 18 heavy (non-hydrogen) atoms. The van der Waals surface area contributed by atoms with Gasteiger partial charge in [0.1, 0.15) is 5.82 Å². The van der Waals surface area contributed by atoms with E-state index in [1.54, 1.807) is 18.5 Å². The molecule has 0 saturated carbocycles. The highest BCUT2D eigenvalue weighted by Gasteiger charge is 2.18.